The van der Waals surface area contributed by atoms with Gasteiger partial charge < -0.3 is 9.47 Å². The Kier molecular flexibility index (Phi) is 4.79. The first-order chi connectivity index (χ1) is 9.56. The van der Waals surface area contributed by atoms with E-state index in [2.05, 4.69) is 0 Å². The quantitative estimate of drug-likeness (QED) is 0.740. The van der Waals surface area contributed by atoms with Gasteiger partial charge >= 0.3 is 0 Å². The lowest BCUT2D eigenvalue weighted by Crippen LogP contribution is -1.98. The number of rotatable bonds is 4. The maximum absolute atomic E-state index is 6.57. The number of hydrogen-bond donors (Lipinski definition) is 0. The molecule has 0 aliphatic carbocycles. The van der Waals surface area contributed by atoms with Gasteiger partial charge in [0.05, 0.1) is 19.6 Å². The normalized spacial score (nSPS) is 12.1. The Morgan fingerprint density at radius 2 is 1.65 bits per heavy atom. The highest BCUT2D eigenvalue weighted by Gasteiger charge is 2.17. The van der Waals surface area contributed by atoms with Crippen LogP contribution in [-0.2, 0) is 0 Å². The summed E-state index contributed by atoms with van der Waals surface area (Å²) >= 11 is 12.5. The molecule has 2 nitrogen and oxygen atoms in total. The second-order valence-corrected chi connectivity index (χ2v) is 5.35. The van der Waals surface area contributed by atoms with Gasteiger partial charge in [0.15, 0.2) is 0 Å². The molecule has 1 unspecified atom stereocenters. The summed E-state index contributed by atoms with van der Waals surface area (Å²) in [5, 5.41) is 0.326. The number of halogens is 2. The van der Waals surface area contributed by atoms with Gasteiger partial charge in [0.25, 0.3) is 0 Å². The molecule has 0 heterocycles. The van der Waals surface area contributed by atoms with Crippen LogP contribution < -0.4 is 9.47 Å². The van der Waals surface area contributed by atoms with E-state index in [0.717, 1.165) is 22.4 Å². The Bertz CT molecular complexity index is 611. The summed E-state index contributed by atoms with van der Waals surface area (Å²) in [6.45, 7) is 1.99. The fourth-order valence-electron chi connectivity index (χ4n) is 2.13. The minimum atomic E-state index is -0.299. The molecule has 20 heavy (non-hydrogen) atoms. The lowest BCUT2D eigenvalue weighted by Gasteiger charge is -2.16. The van der Waals surface area contributed by atoms with Crippen LogP contribution in [0.15, 0.2) is 36.4 Å². The van der Waals surface area contributed by atoms with Gasteiger partial charge in [-0.25, -0.2) is 0 Å². The van der Waals surface area contributed by atoms with Gasteiger partial charge in [0.2, 0.25) is 0 Å². The highest BCUT2D eigenvalue weighted by molar-refractivity contribution is 6.30. The molecule has 0 bridgehead atoms. The summed E-state index contributed by atoms with van der Waals surface area (Å²) in [5.74, 6) is 1.53. The Labute approximate surface area is 129 Å². The zero-order chi connectivity index (χ0) is 14.7. The van der Waals surface area contributed by atoms with Crippen LogP contribution in [0, 0.1) is 6.92 Å². The number of methoxy groups -OCH3 is 2. The predicted octanol–water partition coefficient (Wildman–Crippen LogP) is 4.99. The molecule has 0 aliphatic heterocycles. The molecule has 0 N–H and O–H groups in total. The lowest BCUT2D eigenvalue weighted by atomic mass is 10.0. The molecule has 4 heteroatoms. The Morgan fingerprint density at radius 3 is 2.25 bits per heavy atom. The first kappa shape index (κ1) is 15.0. The van der Waals surface area contributed by atoms with E-state index in [1.54, 1.807) is 20.3 Å². The van der Waals surface area contributed by atoms with Crippen LogP contribution in [0.2, 0.25) is 5.02 Å². The van der Waals surface area contributed by atoms with E-state index in [-0.39, 0.29) is 5.38 Å². The summed E-state index contributed by atoms with van der Waals surface area (Å²) in [7, 11) is 3.26. The zero-order valence-corrected chi connectivity index (χ0v) is 13.1. The number of alkyl halides is 1. The van der Waals surface area contributed by atoms with Crippen molar-refractivity contribution in [1.82, 2.24) is 0 Å². The summed E-state index contributed by atoms with van der Waals surface area (Å²) in [5.41, 5.74) is 2.93. The Balaban J connectivity index is 2.40. The molecule has 0 amide bonds. The molecule has 2 aromatic rings. The Hall–Kier alpha value is -1.38. The van der Waals surface area contributed by atoms with Crippen molar-refractivity contribution in [2.75, 3.05) is 14.2 Å². The molecular weight excluding hydrogens is 295 g/mol. The van der Waals surface area contributed by atoms with Crippen molar-refractivity contribution < 1.29 is 9.47 Å². The lowest BCUT2D eigenvalue weighted by molar-refractivity contribution is 0.409. The maximum atomic E-state index is 6.57. The number of benzene rings is 2. The first-order valence-corrected chi connectivity index (χ1v) is 7.00. The van der Waals surface area contributed by atoms with Crippen LogP contribution in [0.5, 0.6) is 11.5 Å². The zero-order valence-electron chi connectivity index (χ0n) is 11.6. The summed E-state index contributed by atoms with van der Waals surface area (Å²) in [4.78, 5) is 0. The third-order valence-electron chi connectivity index (χ3n) is 3.18. The van der Waals surface area contributed by atoms with Crippen LogP contribution in [0.25, 0.3) is 0 Å². The van der Waals surface area contributed by atoms with Crippen molar-refractivity contribution >= 4 is 23.2 Å². The molecule has 1 atom stereocenters. The van der Waals surface area contributed by atoms with E-state index < -0.39 is 0 Å². The van der Waals surface area contributed by atoms with E-state index in [0.29, 0.717) is 10.8 Å². The molecule has 2 aromatic carbocycles. The average molecular weight is 311 g/mol. The second kappa shape index (κ2) is 6.38. The minimum absolute atomic E-state index is 0.299. The molecule has 0 aliphatic rings. The molecule has 0 saturated carbocycles. The number of aryl methyl sites for hydroxylation is 1. The molecule has 0 radical (unpaired) electrons. The highest BCUT2D eigenvalue weighted by atomic mass is 35.5. The van der Waals surface area contributed by atoms with Gasteiger partial charge in [-0.15, -0.1) is 11.6 Å². The second-order valence-electron chi connectivity index (χ2n) is 4.48. The maximum Gasteiger partial charge on any atom is 0.125 e. The average Bonchev–Trinajstić information content (AvgIpc) is 2.46. The van der Waals surface area contributed by atoms with Crippen molar-refractivity contribution in [3.05, 3.63) is 58.1 Å². The van der Waals surface area contributed by atoms with Crippen LogP contribution in [0.3, 0.4) is 0 Å². The van der Waals surface area contributed by atoms with Crippen molar-refractivity contribution in [1.29, 1.82) is 0 Å². The van der Waals surface area contributed by atoms with E-state index in [1.165, 1.54) is 0 Å². The van der Waals surface area contributed by atoms with Gasteiger partial charge in [-0.3, -0.25) is 0 Å². The summed E-state index contributed by atoms with van der Waals surface area (Å²) in [6, 6.07) is 11.4. The fraction of sp³-hybridized carbons (Fsp3) is 0.250. The number of hydrogen-bond acceptors (Lipinski definition) is 2. The van der Waals surface area contributed by atoms with Gasteiger partial charge in [-0.2, -0.15) is 0 Å². The van der Waals surface area contributed by atoms with Gasteiger partial charge in [0, 0.05) is 10.6 Å². The van der Waals surface area contributed by atoms with Gasteiger partial charge in [-0.1, -0.05) is 29.8 Å². The predicted molar refractivity (Wildman–Crippen MR) is 83.4 cm³/mol. The standard InChI is InChI=1S/C16H16Cl2O2/c1-10-8-11(4-7-14(10)19-2)16(18)13-6-5-12(17)9-15(13)20-3/h4-9,16H,1-3H3. The van der Waals surface area contributed by atoms with E-state index in [9.17, 15) is 0 Å². The topological polar surface area (TPSA) is 18.5 Å². The SMILES string of the molecule is COc1ccc(C(Cl)c2ccc(Cl)cc2OC)cc1C. The van der Waals surface area contributed by atoms with Crippen molar-refractivity contribution in [2.45, 2.75) is 12.3 Å². The molecule has 0 aromatic heterocycles. The molecule has 2 rings (SSSR count). The third-order valence-corrected chi connectivity index (χ3v) is 3.90. The van der Waals surface area contributed by atoms with Crippen LogP contribution in [0.1, 0.15) is 22.1 Å². The van der Waals surface area contributed by atoms with Crippen molar-refractivity contribution in [3.8, 4) is 11.5 Å². The van der Waals surface area contributed by atoms with Gasteiger partial charge in [-0.05, 0) is 36.2 Å². The molecular formula is C16H16Cl2O2. The molecule has 0 fully saturated rings. The third kappa shape index (κ3) is 3.02. The highest BCUT2D eigenvalue weighted by Crippen LogP contribution is 2.37. The number of ether oxygens (including phenoxy) is 2. The monoisotopic (exact) mass is 310 g/mol. The smallest absolute Gasteiger partial charge is 0.125 e. The van der Waals surface area contributed by atoms with Crippen LogP contribution in [-0.4, -0.2) is 14.2 Å². The fourth-order valence-corrected chi connectivity index (χ4v) is 2.61. The van der Waals surface area contributed by atoms with Crippen molar-refractivity contribution in [2.24, 2.45) is 0 Å². The molecule has 106 valence electrons. The van der Waals surface area contributed by atoms with Gasteiger partial charge in [0.1, 0.15) is 11.5 Å². The minimum Gasteiger partial charge on any atom is -0.496 e. The van der Waals surface area contributed by atoms with Crippen LogP contribution >= 0.6 is 23.2 Å². The molecule has 0 spiro atoms. The Morgan fingerprint density at radius 1 is 0.950 bits per heavy atom. The van der Waals surface area contributed by atoms with Crippen LogP contribution in [0.4, 0.5) is 0 Å². The largest absolute Gasteiger partial charge is 0.496 e. The van der Waals surface area contributed by atoms with E-state index >= 15 is 0 Å². The van der Waals surface area contributed by atoms with E-state index in [4.69, 9.17) is 32.7 Å². The summed E-state index contributed by atoms with van der Waals surface area (Å²) in [6.07, 6.45) is 0. The first-order valence-electron chi connectivity index (χ1n) is 6.19. The van der Waals surface area contributed by atoms with Crippen molar-refractivity contribution in [3.63, 3.8) is 0 Å². The van der Waals surface area contributed by atoms with E-state index in [1.807, 2.05) is 37.3 Å². The molecule has 0 saturated heterocycles. The summed E-state index contributed by atoms with van der Waals surface area (Å²) < 4.78 is 10.6.